The largest absolute Gasteiger partial charge is 0.491 e. The molecule has 2 rings (SSSR count). The Bertz CT molecular complexity index is 436. The van der Waals surface area contributed by atoms with E-state index in [-0.39, 0.29) is 6.61 Å². The third kappa shape index (κ3) is 5.24. The minimum atomic E-state index is -0.114. The molecule has 108 valence electrons. The lowest BCUT2D eigenvalue weighted by Gasteiger charge is -2.10. The molecule has 0 aromatic heterocycles. The summed E-state index contributed by atoms with van der Waals surface area (Å²) in [5.41, 5.74) is 0.879. The molecule has 0 bridgehead atoms. The van der Waals surface area contributed by atoms with Crippen LogP contribution in [-0.2, 0) is 4.74 Å². The van der Waals surface area contributed by atoms with Gasteiger partial charge in [0.2, 0.25) is 0 Å². The van der Waals surface area contributed by atoms with Crippen molar-refractivity contribution < 1.29 is 14.6 Å². The number of ether oxygens (including phenoxy) is 2. The van der Waals surface area contributed by atoms with Gasteiger partial charge >= 0.3 is 0 Å². The number of aliphatic hydroxyl groups is 1. The molecule has 0 radical (unpaired) electrons. The Hall–Kier alpha value is -1.50. The molecule has 3 nitrogen and oxygen atoms in total. The summed E-state index contributed by atoms with van der Waals surface area (Å²) in [5.74, 6) is 7.05. The molecule has 1 saturated carbocycles. The molecule has 0 saturated heterocycles. The predicted molar refractivity (Wildman–Crippen MR) is 78.7 cm³/mol. The molecule has 0 unspecified atom stereocenters. The smallest absolute Gasteiger partial charge is 0.119 e. The second-order valence-corrected chi connectivity index (χ2v) is 5.06. The van der Waals surface area contributed by atoms with Gasteiger partial charge in [-0.15, -0.1) is 0 Å². The Morgan fingerprint density at radius 2 is 1.85 bits per heavy atom. The summed E-state index contributed by atoms with van der Waals surface area (Å²) < 4.78 is 11.2. The van der Waals surface area contributed by atoms with Gasteiger partial charge < -0.3 is 14.6 Å². The van der Waals surface area contributed by atoms with Crippen LogP contribution in [0.4, 0.5) is 0 Å². The van der Waals surface area contributed by atoms with Gasteiger partial charge in [-0.2, -0.15) is 0 Å². The molecule has 1 aliphatic rings. The van der Waals surface area contributed by atoms with E-state index in [0.717, 1.165) is 23.8 Å². The van der Waals surface area contributed by atoms with Crippen LogP contribution >= 0.6 is 0 Å². The molecule has 20 heavy (non-hydrogen) atoms. The highest BCUT2D eigenvalue weighted by molar-refractivity contribution is 5.38. The Kier molecular flexibility index (Phi) is 6.43. The molecular formula is C17H22O3. The van der Waals surface area contributed by atoms with Crippen molar-refractivity contribution in [1.82, 2.24) is 0 Å². The van der Waals surface area contributed by atoms with Gasteiger partial charge in [0.15, 0.2) is 0 Å². The summed E-state index contributed by atoms with van der Waals surface area (Å²) in [7, 11) is 0. The molecule has 0 aliphatic heterocycles. The highest BCUT2D eigenvalue weighted by atomic mass is 16.5. The topological polar surface area (TPSA) is 38.7 Å². The van der Waals surface area contributed by atoms with Crippen molar-refractivity contribution in [3.8, 4) is 17.6 Å². The van der Waals surface area contributed by atoms with Crippen molar-refractivity contribution in [2.24, 2.45) is 5.92 Å². The molecule has 1 aromatic rings. The first-order valence-electron chi connectivity index (χ1n) is 7.29. The van der Waals surface area contributed by atoms with Crippen molar-refractivity contribution in [2.45, 2.75) is 25.7 Å². The maximum absolute atomic E-state index is 8.62. The summed E-state index contributed by atoms with van der Waals surface area (Å²) in [4.78, 5) is 0. The van der Waals surface area contributed by atoms with Gasteiger partial charge in [-0.3, -0.25) is 0 Å². The number of rotatable bonds is 6. The van der Waals surface area contributed by atoms with E-state index < -0.39 is 0 Å². The highest BCUT2D eigenvalue weighted by Crippen LogP contribution is 2.24. The first-order valence-corrected chi connectivity index (χ1v) is 7.29. The van der Waals surface area contributed by atoms with Crippen LogP contribution in [0.1, 0.15) is 31.2 Å². The average Bonchev–Trinajstić information content (AvgIpc) is 2.99. The van der Waals surface area contributed by atoms with E-state index in [0.29, 0.717) is 13.2 Å². The van der Waals surface area contributed by atoms with Crippen LogP contribution in [0.5, 0.6) is 5.75 Å². The van der Waals surface area contributed by atoms with E-state index in [4.69, 9.17) is 14.6 Å². The van der Waals surface area contributed by atoms with Gasteiger partial charge in [-0.25, -0.2) is 0 Å². The van der Waals surface area contributed by atoms with E-state index in [9.17, 15) is 0 Å². The second kappa shape index (κ2) is 8.63. The van der Waals surface area contributed by atoms with Crippen molar-refractivity contribution in [3.05, 3.63) is 29.8 Å². The summed E-state index contributed by atoms with van der Waals surface area (Å²) >= 11 is 0. The number of hydrogen-bond acceptors (Lipinski definition) is 3. The first-order chi connectivity index (χ1) is 9.88. The third-order valence-corrected chi connectivity index (χ3v) is 3.49. The molecule has 3 heteroatoms. The van der Waals surface area contributed by atoms with Crippen molar-refractivity contribution in [3.63, 3.8) is 0 Å². The Morgan fingerprint density at radius 3 is 2.55 bits per heavy atom. The number of hydrogen-bond donors (Lipinski definition) is 1. The van der Waals surface area contributed by atoms with Crippen LogP contribution < -0.4 is 4.74 Å². The number of aliphatic hydroxyl groups excluding tert-OH is 1. The molecule has 1 fully saturated rings. The van der Waals surface area contributed by atoms with Gasteiger partial charge in [0, 0.05) is 12.2 Å². The zero-order valence-corrected chi connectivity index (χ0v) is 11.8. The fourth-order valence-electron chi connectivity index (χ4n) is 2.42. The molecule has 1 aliphatic carbocycles. The monoisotopic (exact) mass is 274 g/mol. The first kappa shape index (κ1) is 14.9. The van der Waals surface area contributed by atoms with Crippen molar-refractivity contribution >= 4 is 0 Å². The Labute approximate surface area is 120 Å². The third-order valence-electron chi connectivity index (χ3n) is 3.49. The maximum atomic E-state index is 8.62. The SMILES string of the molecule is OCC#Cc1ccc(OCCOCC2CCCC2)cc1. The minimum absolute atomic E-state index is 0.114. The number of benzene rings is 1. The fourth-order valence-corrected chi connectivity index (χ4v) is 2.42. The van der Waals surface area contributed by atoms with E-state index in [1.807, 2.05) is 24.3 Å². The highest BCUT2D eigenvalue weighted by Gasteiger charge is 2.14. The zero-order chi connectivity index (χ0) is 14.0. The molecule has 0 spiro atoms. The quantitative estimate of drug-likeness (QED) is 0.640. The lowest BCUT2D eigenvalue weighted by Crippen LogP contribution is -2.11. The van der Waals surface area contributed by atoms with Crippen LogP contribution in [0.2, 0.25) is 0 Å². The van der Waals surface area contributed by atoms with Crippen LogP contribution in [-0.4, -0.2) is 31.5 Å². The molecule has 0 atom stereocenters. The van der Waals surface area contributed by atoms with Crippen LogP contribution in [0, 0.1) is 17.8 Å². The van der Waals surface area contributed by atoms with E-state index in [1.165, 1.54) is 25.7 Å². The average molecular weight is 274 g/mol. The second-order valence-electron chi connectivity index (χ2n) is 5.06. The molecule has 0 amide bonds. The summed E-state index contributed by atoms with van der Waals surface area (Å²) in [6, 6.07) is 7.55. The standard InChI is InChI=1S/C17H22O3/c18-11-3-6-15-7-9-17(10-8-15)20-13-12-19-14-16-4-1-2-5-16/h7-10,16,18H,1-2,4-5,11-14H2. The van der Waals surface area contributed by atoms with Crippen molar-refractivity contribution in [2.75, 3.05) is 26.4 Å². The van der Waals surface area contributed by atoms with Crippen LogP contribution in [0.25, 0.3) is 0 Å². The molecular weight excluding hydrogens is 252 g/mol. The van der Waals surface area contributed by atoms with Gasteiger partial charge in [-0.05, 0) is 43.0 Å². The summed E-state index contributed by atoms with van der Waals surface area (Å²) in [5, 5.41) is 8.62. The molecule has 1 N–H and O–H groups in total. The molecule has 1 aromatic carbocycles. The lowest BCUT2D eigenvalue weighted by molar-refractivity contribution is 0.0754. The minimum Gasteiger partial charge on any atom is -0.491 e. The summed E-state index contributed by atoms with van der Waals surface area (Å²) in [6.07, 6.45) is 5.35. The van der Waals surface area contributed by atoms with E-state index in [1.54, 1.807) is 0 Å². The van der Waals surface area contributed by atoms with Crippen molar-refractivity contribution in [1.29, 1.82) is 0 Å². The maximum Gasteiger partial charge on any atom is 0.119 e. The van der Waals surface area contributed by atoms with Crippen LogP contribution in [0.3, 0.4) is 0 Å². The van der Waals surface area contributed by atoms with E-state index >= 15 is 0 Å². The van der Waals surface area contributed by atoms with E-state index in [2.05, 4.69) is 11.8 Å². The van der Waals surface area contributed by atoms with Gasteiger partial charge in [0.05, 0.1) is 6.61 Å². The Balaban J connectivity index is 1.61. The Morgan fingerprint density at radius 1 is 1.10 bits per heavy atom. The normalized spacial score (nSPS) is 14.8. The lowest BCUT2D eigenvalue weighted by atomic mass is 10.1. The van der Waals surface area contributed by atoms with Gasteiger partial charge in [0.1, 0.15) is 19.0 Å². The van der Waals surface area contributed by atoms with Gasteiger partial charge in [0.25, 0.3) is 0 Å². The fraction of sp³-hybridized carbons (Fsp3) is 0.529. The van der Waals surface area contributed by atoms with Gasteiger partial charge in [-0.1, -0.05) is 24.7 Å². The summed E-state index contributed by atoms with van der Waals surface area (Å²) in [6.45, 7) is 1.98. The zero-order valence-electron chi connectivity index (χ0n) is 11.8. The molecule has 0 heterocycles. The van der Waals surface area contributed by atoms with Crippen LogP contribution in [0.15, 0.2) is 24.3 Å². The predicted octanol–water partition coefficient (Wildman–Crippen LogP) is 2.62.